The molecule has 4 rings (SSSR count). The molecule has 0 saturated heterocycles. The third kappa shape index (κ3) is 3.32. The lowest BCUT2D eigenvalue weighted by Crippen LogP contribution is -2.11. The second kappa shape index (κ2) is 6.53. The molecule has 0 aliphatic carbocycles. The Labute approximate surface area is 152 Å². The minimum atomic E-state index is -0.157. The summed E-state index contributed by atoms with van der Waals surface area (Å²) in [6.07, 6.45) is 0. The molecule has 0 fully saturated rings. The molecule has 4 aromatic rings. The molecule has 25 heavy (non-hydrogen) atoms. The van der Waals surface area contributed by atoms with Gasteiger partial charge in [0.25, 0.3) is 5.91 Å². The van der Waals surface area contributed by atoms with E-state index in [0.29, 0.717) is 28.2 Å². The Hall–Kier alpha value is -2.92. The van der Waals surface area contributed by atoms with Crippen molar-refractivity contribution in [2.24, 2.45) is 0 Å². The van der Waals surface area contributed by atoms with Crippen LogP contribution in [0.25, 0.3) is 22.6 Å². The summed E-state index contributed by atoms with van der Waals surface area (Å²) in [5.41, 5.74) is 3.54. The van der Waals surface area contributed by atoms with Crippen LogP contribution in [0.5, 0.6) is 0 Å². The predicted octanol–water partition coefficient (Wildman–Crippen LogP) is 5.51. The number of aromatic nitrogens is 1. The van der Waals surface area contributed by atoms with E-state index in [4.69, 9.17) is 4.42 Å². The number of amides is 1. The van der Waals surface area contributed by atoms with Gasteiger partial charge in [-0.3, -0.25) is 4.79 Å². The van der Waals surface area contributed by atoms with E-state index in [1.807, 2.05) is 48.5 Å². The van der Waals surface area contributed by atoms with Crippen molar-refractivity contribution >= 4 is 38.6 Å². The molecular formula is C20H13BrN2O2. The van der Waals surface area contributed by atoms with Crippen LogP contribution < -0.4 is 5.32 Å². The molecule has 1 aromatic heterocycles. The highest BCUT2D eigenvalue weighted by Gasteiger charge is 2.11. The first-order valence-electron chi connectivity index (χ1n) is 7.72. The summed E-state index contributed by atoms with van der Waals surface area (Å²) in [6.45, 7) is 0. The summed E-state index contributed by atoms with van der Waals surface area (Å²) in [4.78, 5) is 16.8. The summed E-state index contributed by atoms with van der Waals surface area (Å²) < 4.78 is 6.77. The number of hydrogen-bond acceptors (Lipinski definition) is 3. The second-order valence-electron chi connectivity index (χ2n) is 5.53. The quantitative estimate of drug-likeness (QED) is 0.499. The van der Waals surface area contributed by atoms with Gasteiger partial charge in [0.15, 0.2) is 5.58 Å². The highest BCUT2D eigenvalue weighted by molar-refractivity contribution is 9.10. The number of hydrogen-bond donors (Lipinski definition) is 1. The first kappa shape index (κ1) is 15.6. The summed E-state index contributed by atoms with van der Waals surface area (Å²) in [5, 5.41) is 2.88. The summed E-state index contributed by atoms with van der Waals surface area (Å²) in [5.74, 6) is 0.387. The standard InChI is InChI=1S/C20H13BrN2O2/c21-15-8-4-7-14(11-15)20-23-17-12-16(9-10-18(17)25-20)22-19(24)13-5-2-1-3-6-13/h1-12H,(H,22,24). The first-order chi connectivity index (χ1) is 12.2. The lowest BCUT2D eigenvalue weighted by atomic mass is 10.2. The van der Waals surface area contributed by atoms with Crippen molar-refractivity contribution in [3.63, 3.8) is 0 Å². The molecule has 4 nitrogen and oxygen atoms in total. The Morgan fingerprint density at radius 3 is 2.60 bits per heavy atom. The Morgan fingerprint density at radius 2 is 1.80 bits per heavy atom. The van der Waals surface area contributed by atoms with Crippen LogP contribution in [0.4, 0.5) is 5.69 Å². The van der Waals surface area contributed by atoms with Gasteiger partial charge in [0, 0.05) is 21.3 Å². The van der Waals surface area contributed by atoms with E-state index in [9.17, 15) is 4.79 Å². The molecule has 3 aromatic carbocycles. The van der Waals surface area contributed by atoms with E-state index >= 15 is 0 Å². The van der Waals surface area contributed by atoms with Gasteiger partial charge in [-0.2, -0.15) is 0 Å². The number of carbonyl (C=O) groups is 1. The molecule has 122 valence electrons. The molecule has 0 aliphatic heterocycles. The van der Waals surface area contributed by atoms with Crippen LogP contribution in [0.2, 0.25) is 0 Å². The van der Waals surface area contributed by atoms with E-state index in [2.05, 4.69) is 26.2 Å². The van der Waals surface area contributed by atoms with Gasteiger partial charge in [0.1, 0.15) is 5.52 Å². The minimum Gasteiger partial charge on any atom is -0.436 e. The van der Waals surface area contributed by atoms with Crippen molar-refractivity contribution in [1.29, 1.82) is 0 Å². The van der Waals surface area contributed by atoms with Gasteiger partial charge >= 0.3 is 0 Å². The average Bonchev–Trinajstić information content (AvgIpc) is 3.06. The zero-order chi connectivity index (χ0) is 17.2. The number of rotatable bonds is 3. The fourth-order valence-corrected chi connectivity index (χ4v) is 2.94. The van der Waals surface area contributed by atoms with E-state index in [-0.39, 0.29) is 5.91 Å². The Morgan fingerprint density at radius 1 is 0.960 bits per heavy atom. The monoisotopic (exact) mass is 392 g/mol. The number of fused-ring (bicyclic) bond motifs is 1. The normalized spacial score (nSPS) is 10.8. The average molecular weight is 393 g/mol. The molecule has 0 aliphatic rings. The fourth-order valence-electron chi connectivity index (χ4n) is 2.54. The van der Waals surface area contributed by atoms with Crippen molar-refractivity contribution in [1.82, 2.24) is 4.98 Å². The van der Waals surface area contributed by atoms with Gasteiger partial charge in [-0.15, -0.1) is 0 Å². The Bertz CT molecular complexity index is 1060. The molecule has 0 atom stereocenters. The second-order valence-corrected chi connectivity index (χ2v) is 6.45. The molecule has 1 heterocycles. The van der Waals surface area contributed by atoms with E-state index < -0.39 is 0 Å². The largest absolute Gasteiger partial charge is 0.436 e. The molecule has 0 radical (unpaired) electrons. The molecule has 0 unspecified atom stereocenters. The summed E-state index contributed by atoms with van der Waals surface area (Å²) >= 11 is 3.45. The lowest BCUT2D eigenvalue weighted by molar-refractivity contribution is 0.102. The van der Waals surface area contributed by atoms with Crippen LogP contribution in [-0.4, -0.2) is 10.9 Å². The SMILES string of the molecule is O=C(Nc1ccc2oc(-c3cccc(Br)c3)nc2c1)c1ccccc1. The maximum absolute atomic E-state index is 12.3. The van der Waals surface area contributed by atoms with Crippen molar-refractivity contribution in [3.8, 4) is 11.5 Å². The third-order valence-corrected chi connectivity index (χ3v) is 4.25. The Kier molecular flexibility index (Phi) is 4.07. The number of oxazole rings is 1. The smallest absolute Gasteiger partial charge is 0.255 e. The van der Waals surface area contributed by atoms with Gasteiger partial charge in [0.2, 0.25) is 5.89 Å². The maximum atomic E-state index is 12.3. The van der Waals surface area contributed by atoms with E-state index in [0.717, 1.165) is 10.0 Å². The zero-order valence-electron chi connectivity index (χ0n) is 13.1. The minimum absolute atomic E-state index is 0.157. The highest BCUT2D eigenvalue weighted by Crippen LogP contribution is 2.27. The van der Waals surface area contributed by atoms with Crippen molar-refractivity contribution in [3.05, 3.63) is 82.8 Å². The Balaban J connectivity index is 1.63. The fraction of sp³-hybridized carbons (Fsp3) is 0. The molecule has 1 N–H and O–H groups in total. The summed E-state index contributed by atoms with van der Waals surface area (Å²) in [6, 6.07) is 22.3. The molecule has 0 bridgehead atoms. The topological polar surface area (TPSA) is 55.1 Å². The number of benzene rings is 3. The number of nitrogens with zero attached hydrogens (tertiary/aromatic N) is 1. The van der Waals surface area contributed by atoms with E-state index in [1.54, 1.807) is 24.3 Å². The van der Waals surface area contributed by atoms with Crippen molar-refractivity contribution in [2.75, 3.05) is 5.32 Å². The number of anilines is 1. The third-order valence-electron chi connectivity index (χ3n) is 3.75. The van der Waals surface area contributed by atoms with Crippen LogP contribution in [0.1, 0.15) is 10.4 Å². The molecule has 0 spiro atoms. The van der Waals surface area contributed by atoms with Crippen LogP contribution in [0.3, 0.4) is 0 Å². The van der Waals surface area contributed by atoms with Crippen LogP contribution in [-0.2, 0) is 0 Å². The van der Waals surface area contributed by atoms with Gasteiger partial charge in [-0.1, -0.05) is 40.2 Å². The maximum Gasteiger partial charge on any atom is 0.255 e. The first-order valence-corrected chi connectivity index (χ1v) is 8.51. The predicted molar refractivity (Wildman–Crippen MR) is 102 cm³/mol. The molecule has 5 heteroatoms. The highest BCUT2D eigenvalue weighted by atomic mass is 79.9. The van der Waals surface area contributed by atoms with Crippen LogP contribution >= 0.6 is 15.9 Å². The van der Waals surface area contributed by atoms with Crippen LogP contribution in [0.15, 0.2) is 81.7 Å². The number of nitrogens with one attached hydrogen (secondary N) is 1. The number of halogens is 1. The summed E-state index contributed by atoms with van der Waals surface area (Å²) in [7, 11) is 0. The molecule has 0 saturated carbocycles. The zero-order valence-corrected chi connectivity index (χ0v) is 14.7. The van der Waals surface area contributed by atoms with E-state index in [1.165, 1.54) is 0 Å². The van der Waals surface area contributed by atoms with Gasteiger partial charge < -0.3 is 9.73 Å². The number of carbonyl (C=O) groups excluding carboxylic acids is 1. The van der Waals surface area contributed by atoms with Crippen molar-refractivity contribution < 1.29 is 9.21 Å². The van der Waals surface area contributed by atoms with Gasteiger partial charge in [0.05, 0.1) is 0 Å². The molecular weight excluding hydrogens is 380 g/mol. The van der Waals surface area contributed by atoms with Crippen LogP contribution in [0, 0.1) is 0 Å². The molecule has 1 amide bonds. The lowest BCUT2D eigenvalue weighted by Gasteiger charge is -2.04. The van der Waals surface area contributed by atoms with Gasteiger partial charge in [-0.25, -0.2) is 4.98 Å². The van der Waals surface area contributed by atoms with Gasteiger partial charge in [-0.05, 0) is 48.5 Å². The van der Waals surface area contributed by atoms with Crippen molar-refractivity contribution in [2.45, 2.75) is 0 Å².